The molecule has 0 aromatic heterocycles. The molecule has 22 heavy (non-hydrogen) atoms. The van der Waals surface area contributed by atoms with Crippen molar-refractivity contribution in [2.75, 3.05) is 6.54 Å². The van der Waals surface area contributed by atoms with Gasteiger partial charge in [0.2, 0.25) is 0 Å². The molecule has 1 heterocycles. The van der Waals surface area contributed by atoms with E-state index in [4.69, 9.17) is 0 Å². The predicted molar refractivity (Wildman–Crippen MR) is 87.6 cm³/mol. The first-order valence-corrected chi connectivity index (χ1v) is 8.53. The molecule has 0 bridgehead atoms. The summed E-state index contributed by atoms with van der Waals surface area (Å²) in [6, 6.07) is 9.36. The molecule has 3 aliphatic rings. The minimum absolute atomic E-state index is 0.0290. The van der Waals surface area contributed by atoms with Crippen molar-refractivity contribution in [2.24, 2.45) is 11.8 Å². The third kappa shape index (κ3) is 2.01. The molecule has 4 rings (SSSR count). The van der Waals surface area contributed by atoms with E-state index in [0.29, 0.717) is 18.0 Å². The fourth-order valence-electron chi connectivity index (χ4n) is 3.86. The van der Waals surface area contributed by atoms with E-state index in [-0.39, 0.29) is 22.4 Å². The number of amides is 1. The van der Waals surface area contributed by atoms with E-state index in [1.807, 2.05) is 47.4 Å². The Kier molecular flexibility index (Phi) is 3.30. The van der Waals surface area contributed by atoms with Crippen molar-refractivity contribution in [3.8, 4) is 0 Å². The van der Waals surface area contributed by atoms with Crippen LogP contribution >= 0.6 is 15.9 Å². The summed E-state index contributed by atoms with van der Waals surface area (Å²) < 4.78 is 0. The van der Waals surface area contributed by atoms with Crippen LogP contribution in [-0.4, -0.2) is 28.0 Å². The molecule has 3 nitrogen and oxygen atoms in total. The zero-order valence-electron chi connectivity index (χ0n) is 12.0. The summed E-state index contributed by atoms with van der Waals surface area (Å²) >= 11 is 3.52. The highest BCUT2D eigenvalue weighted by Gasteiger charge is 2.46. The standard InChI is InChI=1S/C18H16BrNO2/c19-14-9-12-10-20(18(22)11-5-2-1-3-6-11)15-8-4-7-13(16(12)15)17(14)21/h1-6,8,12-14H,7,9-10H2. The van der Waals surface area contributed by atoms with Gasteiger partial charge in [-0.15, -0.1) is 0 Å². The van der Waals surface area contributed by atoms with Crippen molar-refractivity contribution in [2.45, 2.75) is 17.7 Å². The number of allylic oxidation sites excluding steroid dienone is 2. The second kappa shape index (κ2) is 5.20. The Bertz CT molecular complexity index is 707. The van der Waals surface area contributed by atoms with Crippen LogP contribution in [-0.2, 0) is 4.79 Å². The lowest BCUT2D eigenvalue weighted by molar-refractivity contribution is -0.122. The molecular weight excluding hydrogens is 342 g/mol. The van der Waals surface area contributed by atoms with Crippen LogP contribution in [0.4, 0.5) is 0 Å². The van der Waals surface area contributed by atoms with Gasteiger partial charge in [-0.1, -0.05) is 40.2 Å². The van der Waals surface area contributed by atoms with Gasteiger partial charge in [-0.3, -0.25) is 9.59 Å². The molecule has 0 saturated heterocycles. The van der Waals surface area contributed by atoms with Crippen molar-refractivity contribution < 1.29 is 9.59 Å². The molecule has 1 amide bonds. The number of halogens is 1. The molecule has 0 N–H and O–H groups in total. The van der Waals surface area contributed by atoms with Gasteiger partial charge in [0.05, 0.1) is 4.83 Å². The Hall–Kier alpha value is -1.68. The molecule has 1 saturated carbocycles. The number of hydrogen-bond acceptors (Lipinski definition) is 2. The lowest BCUT2D eigenvalue weighted by atomic mass is 9.73. The van der Waals surface area contributed by atoms with Crippen LogP contribution in [0.5, 0.6) is 0 Å². The second-order valence-electron chi connectivity index (χ2n) is 6.12. The van der Waals surface area contributed by atoms with E-state index >= 15 is 0 Å². The number of benzene rings is 1. The van der Waals surface area contributed by atoms with Gasteiger partial charge in [-0.2, -0.15) is 0 Å². The maximum absolute atomic E-state index is 12.8. The predicted octanol–water partition coefficient (Wildman–Crippen LogP) is 3.33. The first kappa shape index (κ1) is 13.9. The first-order chi connectivity index (χ1) is 10.7. The smallest absolute Gasteiger partial charge is 0.258 e. The molecule has 112 valence electrons. The zero-order valence-corrected chi connectivity index (χ0v) is 13.6. The molecule has 1 aromatic rings. The third-order valence-electron chi connectivity index (χ3n) is 4.86. The largest absolute Gasteiger partial charge is 0.308 e. The van der Waals surface area contributed by atoms with Gasteiger partial charge < -0.3 is 4.90 Å². The van der Waals surface area contributed by atoms with Crippen molar-refractivity contribution in [1.82, 2.24) is 4.90 Å². The second-order valence-corrected chi connectivity index (χ2v) is 7.22. The normalized spacial score (nSPS) is 29.8. The minimum Gasteiger partial charge on any atom is -0.308 e. The molecule has 0 spiro atoms. The molecule has 0 radical (unpaired) electrons. The average molecular weight is 358 g/mol. The summed E-state index contributed by atoms with van der Waals surface area (Å²) in [6.45, 7) is 0.689. The number of Topliss-reactive ketones (excluding diaryl/α,β-unsaturated/α-hetero) is 1. The summed E-state index contributed by atoms with van der Waals surface area (Å²) in [5.74, 6) is 0.555. The van der Waals surface area contributed by atoms with Crippen LogP contribution in [0, 0.1) is 11.8 Å². The Balaban J connectivity index is 1.73. The molecule has 2 aliphatic carbocycles. The van der Waals surface area contributed by atoms with E-state index in [1.54, 1.807) is 0 Å². The van der Waals surface area contributed by atoms with Gasteiger partial charge in [0.25, 0.3) is 5.91 Å². The summed E-state index contributed by atoms with van der Waals surface area (Å²) in [7, 11) is 0. The molecule has 4 heteroatoms. The van der Waals surface area contributed by atoms with E-state index in [9.17, 15) is 9.59 Å². The molecule has 1 aliphatic heterocycles. The number of nitrogens with zero attached hydrogens (tertiary/aromatic N) is 1. The van der Waals surface area contributed by atoms with Gasteiger partial charge in [-0.05, 0) is 36.6 Å². The highest BCUT2D eigenvalue weighted by Crippen LogP contribution is 2.46. The van der Waals surface area contributed by atoms with E-state index in [2.05, 4.69) is 15.9 Å². The summed E-state index contributed by atoms with van der Waals surface area (Å²) in [4.78, 5) is 27.0. The zero-order chi connectivity index (χ0) is 15.3. The SMILES string of the molecule is O=C1C(Br)CC2CN(C(=O)c3ccccc3)C3=C2C1CC=C3. The van der Waals surface area contributed by atoms with Crippen LogP contribution in [0.15, 0.2) is 53.8 Å². The monoisotopic (exact) mass is 357 g/mol. The minimum atomic E-state index is -0.0780. The number of rotatable bonds is 1. The summed E-state index contributed by atoms with van der Waals surface area (Å²) in [5, 5.41) is 0. The Morgan fingerprint density at radius 1 is 1.23 bits per heavy atom. The maximum Gasteiger partial charge on any atom is 0.258 e. The number of alkyl halides is 1. The molecule has 3 unspecified atom stereocenters. The molecule has 1 aromatic carbocycles. The van der Waals surface area contributed by atoms with Crippen LogP contribution in [0.1, 0.15) is 23.2 Å². The summed E-state index contributed by atoms with van der Waals surface area (Å²) in [6.07, 6.45) is 5.61. The van der Waals surface area contributed by atoms with Gasteiger partial charge in [0.15, 0.2) is 5.78 Å². The topological polar surface area (TPSA) is 37.4 Å². The van der Waals surface area contributed by atoms with Gasteiger partial charge >= 0.3 is 0 Å². The Morgan fingerprint density at radius 2 is 2.00 bits per heavy atom. The fraction of sp³-hybridized carbons (Fsp3) is 0.333. The van der Waals surface area contributed by atoms with Crippen LogP contribution < -0.4 is 0 Å². The van der Waals surface area contributed by atoms with E-state index < -0.39 is 0 Å². The van der Waals surface area contributed by atoms with Gasteiger partial charge in [0, 0.05) is 29.6 Å². The fourth-order valence-corrected chi connectivity index (χ4v) is 4.63. The molecule has 1 fully saturated rings. The maximum atomic E-state index is 12.8. The van der Waals surface area contributed by atoms with Crippen molar-refractivity contribution >= 4 is 27.6 Å². The van der Waals surface area contributed by atoms with Crippen molar-refractivity contribution in [1.29, 1.82) is 0 Å². The van der Waals surface area contributed by atoms with Crippen LogP contribution in [0.3, 0.4) is 0 Å². The van der Waals surface area contributed by atoms with Gasteiger partial charge in [0.1, 0.15) is 0 Å². The Labute approximate surface area is 137 Å². The molecule has 3 atom stereocenters. The van der Waals surface area contributed by atoms with Crippen LogP contribution in [0.25, 0.3) is 0 Å². The highest BCUT2D eigenvalue weighted by molar-refractivity contribution is 9.10. The summed E-state index contributed by atoms with van der Waals surface area (Å²) in [5.41, 5.74) is 2.85. The van der Waals surface area contributed by atoms with E-state index in [1.165, 1.54) is 5.57 Å². The third-order valence-corrected chi connectivity index (χ3v) is 5.69. The first-order valence-electron chi connectivity index (χ1n) is 7.62. The van der Waals surface area contributed by atoms with Crippen LogP contribution in [0.2, 0.25) is 0 Å². The number of hydrogen-bond donors (Lipinski definition) is 0. The molecular formula is C18H16BrNO2. The van der Waals surface area contributed by atoms with Crippen molar-refractivity contribution in [3.05, 3.63) is 59.3 Å². The number of ketones is 1. The number of carbonyl (C=O) groups is 2. The van der Waals surface area contributed by atoms with E-state index in [0.717, 1.165) is 18.5 Å². The quantitative estimate of drug-likeness (QED) is 0.723. The van der Waals surface area contributed by atoms with Crippen molar-refractivity contribution in [3.63, 3.8) is 0 Å². The lowest BCUT2D eigenvalue weighted by Crippen LogP contribution is -2.36. The Morgan fingerprint density at radius 3 is 2.77 bits per heavy atom. The lowest BCUT2D eigenvalue weighted by Gasteiger charge is -2.31. The highest BCUT2D eigenvalue weighted by atomic mass is 79.9. The average Bonchev–Trinajstić information content (AvgIpc) is 2.92. The van der Waals surface area contributed by atoms with Gasteiger partial charge in [-0.25, -0.2) is 0 Å². The number of carbonyl (C=O) groups excluding carboxylic acids is 2.